The molecule has 1 aromatic heterocycles. The van der Waals surface area contributed by atoms with Crippen LogP contribution in [0.3, 0.4) is 0 Å². The number of aromatic nitrogens is 1. The molecule has 1 heterocycles. The van der Waals surface area contributed by atoms with Crippen LogP contribution in [0, 0.1) is 5.82 Å². The smallest absolute Gasteiger partial charge is 0.191 e. The molecular weight excluding hydrogens is 357 g/mol. The van der Waals surface area contributed by atoms with E-state index in [1.165, 1.54) is 12.1 Å². The Hall–Kier alpha value is -2.41. The molecule has 7 heteroatoms. The maximum atomic E-state index is 13.0. The highest BCUT2D eigenvalue weighted by Crippen LogP contribution is 2.22. The van der Waals surface area contributed by atoms with Gasteiger partial charge in [0.1, 0.15) is 5.82 Å². The Balaban J connectivity index is 1.71. The topological polar surface area (TPSA) is 65.7 Å². The number of halogens is 1. The van der Waals surface area contributed by atoms with Gasteiger partial charge in [0.05, 0.1) is 12.2 Å². The monoisotopic (exact) mass is 389 g/mol. The molecule has 2 N–H and O–H groups in total. The van der Waals surface area contributed by atoms with Crippen molar-refractivity contribution in [3.8, 4) is 0 Å². The van der Waals surface area contributed by atoms with Gasteiger partial charge in [-0.2, -0.15) is 0 Å². The normalized spacial score (nSPS) is 12.0. The van der Waals surface area contributed by atoms with Crippen molar-refractivity contribution in [3.05, 3.63) is 53.2 Å². The fraction of sp³-hybridized carbons (Fsp3) is 0.524. The molecule has 0 aliphatic carbocycles. The Labute approximate surface area is 167 Å². The minimum atomic E-state index is -0.207. The van der Waals surface area contributed by atoms with E-state index in [0.717, 1.165) is 55.5 Å². The van der Waals surface area contributed by atoms with E-state index in [-0.39, 0.29) is 5.82 Å². The third kappa shape index (κ3) is 6.96. The maximum Gasteiger partial charge on any atom is 0.191 e. The summed E-state index contributed by atoms with van der Waals surface area (Å²) in [6, 6.07) is 8.63. The van der Waals surface area contributed by atoms with Crippen LogP contribution in [0.5, 0.6) is 0 Å². The average Bonchev–Trinajstić information content (AvgIpc) is 3.16. The van der Waals surface area contributed by atoms with E-state index >= 15 is 0 Å². The molecule has 0 aliphatic rings. The van der Waals surface area contributed by atoms with Gasteiger partial charge in [0.25, 0.3) is 0 Å². The third-order valence-corrected chi connectivity index (χ3v) is 4.79. The highest BCUT2D eigenvalue weighted by atomic mass is 19.1. The number of benzene rings is 1. The maximum absolute atomic E-state index is 13.0. The Morgan fingerprint density at radius 2 is 1.93 bits per heavy atom. The number of hydrogen-bond acceptors (Lipinski definition) is 4. The summed E-state index contributed by atoms with van der Waals surface area (Å²) >= 11 is 0. The Morgan fingerprint density at radius 1 is 1.21 bits per heavy atom. The second-order valence-corrected chi connectivity index (χ2v) is 6.95. The molecule has 0 atom stereocenters. The molecule has 28 heavy (non-hydrogen) atoms. The summed E-state index contributed by atoms with van der Waals surface area (Å²) in [5.74, 6) is 1.77. The molecule has 0 aliphatic heterocycles. The van der Waals surface area contributed by atoms with Gasteiger partial charge in [-0.05, 0) is 37.6 Å². The van der Waals surface area contributed by atoms with Crippen molar-refractivity contribution in [2.45, 2.75) is 45.7 Å². The van der Waals surface area contributed by atoms with Gasteiger partial charge in [0.2, 0.25) is 0 Å². The molecule has 0 spiro atoms. The fourth-order valence-corrected chi connectivity index (χ4v) is 3.05. The fourth-order valence-electron chi connectivity index (χ4n) is 3.05. The quantitative estimate of drug-likeness (QED) is 0.481. The largest absolute Gasteiger partial charge is 0.359 e. The predicted octanol–water partition coefficient (Wildman–Crippen LogP) is 3.51. The first-order valence-electron chi connectivity index (χ1n) is 9.88. The molecule has 154 valence electrons. The average molecular weight is 390 g/mol. The summed E-state index contributed by atoms with van der Waals surface area (Å²) in [6.07, 6.45) is 2.12. The van der Waals surface area contributed by atoms with Crippen molar-refractivity contribution in [2.75, 3.05) is 27.2 Å². The SMILES string of the molecule is CCC(CC)c1cc(CNC(=NC)NCCN(C)Cc2ccc(F)cc2)on1. The predicted molar refractivity (Wildman–Crippen MR) is 111 cm³/mol. The van der Waals surface area contributed by atoms with Crippen LogP contribution in [0.1, 0.15) is 49.6 Å². The van der Waals surface area contributed by atoms with Gasteiger partial charge in [-0.1, -0.05) is 31.1 Å². The van der Waals surface area contributed by atoms with Crippen molar-refractivity contribution >= 4 is 5.96 Å². The van der Waals surface area contributed by atoms with Gasteiger partial charge < -0.3 is 20.1 Å². The van der Waals surface area contributed by atoms with Crippen LogP contribution in [0.25, 0.3) is 0 Å². The Bertz CT molecular complexity index is 725. The van der Waals surface area contributed by atoms with Crippen LogP contribution in [-0.2, 0) is 13.1 Å². The number of nitrogens with zero attached hydrogens (tertiary/aromatic N) is 3. The number of likely N-dealkylation sites (N-methyl/N-ethyl adjacent to an activating group) is 1. The van der Waals surface area contributed by atoms with E-state index < -0.39 is 0 Å². The number of nitrogens with one attached hydrogen (secondary N) is 2. The molecular formula is C21H32FN5O. The molecule has 0 bridgehead atoms. The summed E-state index contributed by atoms with van der Waals surface area (Å²) in [5.41, 5.74) is 2.11. The van der Waals surface area contributed by atoms with Crippen LogP contribution in [0.4, 0.5) is 4.39 Å². The summed E-state index contributed by atoms with van der Waals surface area (Å²) in [5, 5.41) is 10.7. The van der Waals surface area contributed by atoms with Gasteiger partial charge in [-0.3, -0.25) is 4.99 Å². The van der Waals surface area contributed by atoms with Gasteiger partial charge in [0.15, 0.2) is 11.7 Å². The van der Waals surface area contributed by atoms with E-state index in [4.69, 9.17) is 4.52 Å². The summed E-state index contributed by atoms with van der Waals surface area (Å²) in [7, 11) is 3.78. The highest BCUT2D eigenvalue weighted by Gasteiger charge is 2.13. The van der Waals surface area contributed by atoms with Crippen molar-refractivity contribution in [1.82, 2.24) is 20.7 Å². The Morgan fingerprint density at radius 3 is 2.57 bits per heavy atom. The number of hydrogen-bond donors (Lipinski definition) is 2. The Kier molecular flexibility index (Phi) is 8.94. The summed E-state index contributed by atoms with van der Waals surface area (Å²) in [4.78, 5) is 6.41. The molecule has 2 aromatic rings. The zero-order valence-electron chi connectivity index (χ0n) is 17.3. The van der Waals surface area contributed by atoms with Crippen LogP contribution in [0.15, 0.2) is 39.8 Å². The standard InChI is InChI=1S/C21H32FN5O/c1-5-17(6-2)20-13-19(28-26-20)14-25-21(23-3)24-11-12-27(4)15-16-7-9-18(22)10-8-16/h7-10,13,17H,5-6,11-12,14-15H2,1-4H3,(H2,23,24,25). The first kappa shape index (κ1) is 21.9. The minimum absolute atomic E-state index is 0.207. The zero-order valence-corrected chi connectivity index (χ0v) is 17.3. The molecule has 2 rings (SSSR count). The molecule has 0 amide bonds. The van der Waals surface area contributed by atoms with E-state index in [2.05, 4.69) is 39.5 Å². The van der Waals surface area contributed by atoms with E-state index in [0.29, 0.717) is 12.5 Å². The van der Waals surface area contributed by atoms with Crippen molar-refractivity contribution in [1.29, 1.82) is 0 Å². The zero-order chi connectivity index (χ0) is 20.4. The van der Waals surface area contributed by atoms with Crippen molar-refractivity contribution in [3.63, 3.8) is 0 Å². The minimum Gasteiger partial charge on any atom is -0.359 e. The molecule has 0 saturated carbocycles. The van der Waals surface area contributed by atoms with Gasteiger partial charge in [0, 0.05) is 38.7 Å². The second-order valence-electron chi connectivity index (χ2n) is 6.95. The first-order chi connectivity index (χ1) is 13.5. The lowest BCUT2D eigenvalue weighted by molar-refractivity contribution is 0.330. The second kappa shape index (κ2) is 11.4. The molecule has 0 radical (unpaired) electrons. The lowest BCUT2D eigenvalue weighted by Crippen LogP contribution is -2.40. The molecule has 6 nitrogen and oxygen atoms in total. The number of rotatable bonds is 10. The van der Waals surface area contributed by atoms with Gasteiger partial charge in [-0.25, -0.2) is 4.39 Å². The van der Waals surface area contributed by atoms with Gasteiger partial charge >= 0.3 is 0 Å². The summed E-state index contributed by atoms with van der Waals surface area (Å²) in [6.45, 7) is 7.22. The number of guanidine groups is 1. The van der Waals surface area contributed by atoms with Crippen LogP contribution < -0.4 is 10.6 Å². The van der Waals surface area contributed by atoms with Crippen LogP contribution in [-0.4, -0.2) is 43.2 Å². The van der Waals surface area contributed by atoms with E-state index in [9.17, 15) is 4.39 Å². The molecule has 0 fully saturated rings. The van der Waals surface area contributed by atoms with Crippen molar-refractivity contribution in [2.24, 2.45) is 4.99 Å². The number of aliphatic imine (C=N–C) groups is 1. The van der Waals surface area contributed by atoms with Crippen LogP contribution >= 0.6 is 0 Å². The molecule has 0 saturated heterocycles. The highest BCUT2D eigenvalue weighted by molar-refractivity contribution is 5.79. The third-order valence-electron chi connectivity index (χ3n) is 4.79. The van der Waals surface area contributed by atoms with Crippen molar-refractivity contribution < 1.29 is 8.91 Å². The van der Waals surface area contributed by atoms with Crippen LogP contribution in [0.2, 0.25) is 0 Å². The lowest BCUT2D eigenvalue weighted by atomic mass is 9.99. The molecule has 1 aromatic carbocycles. The van der Waals surface area contributed by atoms with E-state index in [1.807, 2.05) is 25.2 Å². The van der Waals surface area contributed by atoms with Gasteiger partial charge in [-0.15, -0.1) is 0 Å². The lowest BCUT2D eigenvalue weighted by Gasteiger charge is -2.18. The van der Waals surface area contributed by atoms with E-state index in [1.54, 1.807) is 7.05 Å². The molecule has 0 unspecified atom stereocenters. The summed E-state index contributed by atoms with van der Waals surface area (Å²) < 4.78 is 18.4. The first-order valence-corrected chi connectivity index (χ1v) is 9.88.